The van der Waals surface area contributed by atoms with Crippen LogP contribution in [0.5, 0.6) is 0 Å². The molecule has 0 aliphatic heterocycles. The van der Waals surface area contributed by atoms with Gasteiger partial charge in [0.1, 0.15) is 6.10 Å². The van der Waals surface area contributed by atoms with Gasteiger partial charge in [0, 0.05) is 6.42 Å². The number of ether oxygens (including phenoxy) is 1. The summed E-state index contributed by atoms with van der Waals surface area (Å²) in [5, 5.41) is 8.66. The minimum absolute atomic E-state index is 0.00136. The average molecular weight is 284 g/mol. The van der Waals surface area contributed by atoms with Crippen molar-refractivity contribution in [1.82, 2.24) is 0 Å². The van der Waals surface area contributed by atoms with E-state index in [9.17, 15) is 9.59 Å². The lowest BCUT2D eigenvalue weighted by molar-refractivity contribution is -0.160. The van der Waals surface area contributed by atoms with Gasteiger partial charge in [-0.3, -0.25) is 9.59 Å². The molecule has 4 nitrogen and oxygen atoms in total. The summed E-state index contributed by atoms with van der Waals surface area (Å²) in [6.45, 7) is 8.30. The largest absolute Gasteiger partial charge is 0.481 e. The molecule has 4 heteroatoms. The SMILES string of the molecule is CC1CCC(C(C)C)C(OC(=O)C(C)CCC(=O)O)C1. The van der Waals surface area contributed by atoms with Crippen LogP contribution in [0.4, 0.5) is 0 Å². The van der Waals surface area contributed by atoms with Crippen LogP contribution in [0.25, 0.3) is 0 Å². The van der Waals surface area contributed by atoms with Crippen LogP contribution >= 0.6 is 0 Å². The maximum Gasteiger partial charge on any atom is 0.308 e. The number of hydrogen-bond acceptors (Lipinski definition) is 3. The summed E-state index contributed by atoms with van der Waals surface area (Å²) in [6.07, 6.45) is 3.61. The minimum Gasteiger partial charge on any atom is -0.481 e. The maximum atomic E-state index is 12.1. The van der Waals surface area contributed by atoms with Gasteiger partial charge in [0.25, 0.3) is 0 Å². The average Bonchev–Trinajstić information content (AvgIpc) is 2.35. The molecule has 1 aliphatic carbocycles. The van der Waals surface area contributed by atoms with Gasteiger partial charge in [-0.2, -0.15) is 0 Å². The molecule has 1 fully saturated rings. The number of esters is 1. The summed E-state index contributed by atoms with van der Waals surface area (Å²) in [6, 6.07) is 0. The molecule has 20 heavy (non-hydrogen) atoms. The number of carboxylic acids is 1. The molecule has 0 amide bonds. The van der Waals surface area contributed by atoms with Gasteiger partial charge < -0.3 is 9.84 Å². The quantitative estimate of drug-likeness (QED) is 0.758. The monoisotopic (exact) mass is 284 g/mol. The highest BCUT2D eigenvalue weighted by Gasteiger charge is 2.34. The lowest BCUT2D eigenvalue weighted by Gasteiger charge is -2.37. The van der Waals surface area contributed by atoms with E-state index in [1.807, 2.05) is 0 Å². The molecule has 0 saturated heterocycles. The van der Waals surface area contributed by atoms with Crippen LogP contribution in [0.3, 0.4) is 0 Å². The standard InChI is InChI=1S/C16H28O4/c1-10(2)13-7-5-11(3)9-14(13)20-16(19)12(4)6-8-15(17)18/h10-14H,5-9H2,1-4H3,(H,17,18). The molecule has 1 saturated carbocycles. The van der Waals surface area contributed by atoms with Crippen LogP contribution in [-0.4, -0.2) is 23.1 Å². The Morgan fingerprint density at radius 2 is 1.90 bits per heavy atom. The Bertz CT molecular complexity index is 337. The lowest BCUT2D eigenvalue weighted by Crippen LogP contribution is -2.37. The third-order valence-electron chi connectivity index (χ3n) is 4.42. The summed E-state index contributed by atoms with van der Waals surface area (Å²) in [7, 11) is 0. The summed E-state index contributed by atoms with van der Waals surface area (Å²) in [5.41, 5.74) is 0. The second kappa shape index (κ2) is 7.65. The van der Waals surface area contributed by atoms with E-state index in [-0.39, 0.29) is 24.4 Å². The van der Waals surface area contributed by atoms with Gasteiger partial charge in [-0.1, -0.05) is 34.1 Å². The zero-order chi connectivity index (χ0) is 15.3. The Kier molecular flexibility index (Phi) is 6.50. The molecular formula is C16H28O4. The number of carbonyl (C=O) groups is 2. The summed E-state index contributed by atoms with van der Waals surface area (Å²) in [5.74, 6) is 0.0942. The van der Waals surface area contributed by atoms with Gasteiger partial charge in [0.15, 0.2) is 0 Å². The summed E-state index contributed by atoms with van der Waals surface area (Å²) >= 11 is 0. The van der Waals surface area contributed by atoms with Crippen molar-refractivity contribution in [3.05, 3.63) is 0 Å². The number of carbonyl (C=O) groups excluding carboxylic acids is 1. The normalized spacial score (nSPS) is 28.1. The van der Waals surface area contributed by atoms with Gasteiger partial charge in [-0.05, 0) is 37.0 Å². The molecule has 4 unspecified atom stereocenters. The van der Waals surface area contributed by atoms with E-state index in [4.69, 9.17) is 9.84 Å². The zero-order valence-electron chi connectivity index (χ0n) is 13.1. The molecule has 1 N–H and O–H groups in total. The van der Waals surface area contributed by atoms with E-state index in [1.54, 1.807) is 6.92 Å². The van der Waals surface area contributed by atoms with E-state index in [0.29, 0.717) is 24.2 Å². The number of aliphatic carboxylic acids is 1. The van der Waals surface area contributed by atoms with E-state index in [2.05, 4.69) is 20.8 Å². The highest BCUT2D eigenvalue weighted by atomic mass is 16.5. The molecule has 0 bridgehead atoms. The Hall–Kier alpha value is -1.06. The molecule has 116 valence electrons. The van der Waals surface area contributed by atoms with E-state index in [0.717, 1.165) is 12.8 Å². The molecule has 1 aliphatic rings. The highest BCUT2D eigenvalue weighted by molar-refractivity contribution is 5.73. The molecular weight excluding hydrogens is 256 g/mol. The van der Waals surface area contributed by atoms with Gasteiger partial charge in [-0.15, -0.1) is 0 Å². The van der Waals surface area contributed by atoms with Crippen LogP contribution < -0.4 is 0 Å². The van der Waals surface area contributed by atoms with E-state index >= 15 is 0 Å². The van der Waals surface area contributed by atoms with Crippen LogP contribution in [0.1, 0.15) is 59.8 Å². The molecule has 0 heterocycles. The second-order valence-corrected chi connectivity index (χ2v) is 6.63. The van der Waals surface area contributed by atoms with Gasteiger partial charge in [-0.25, -0.2) is 0 Å². The van der Waals surface area contributed by atoms with E-state index in [1.165, 1.54) is 6.42 Å². The molecule has 0 aromatic rings. The molecule has 0 aromatic carbocycles. The summed E-state index contributed by atoms with van der Waals surface area (Å²) in [4.78, 5) is 22.6. The summed E-state index contributed by atoms with van der Waals surface area (Å²) < 4.78 is 5.70. The van der Waals surface area contributed by atoms with Crippen molar-refractivity contribution in [3.8, 4) is 0 Å². The molecule has 4 atom stereocenters. The third-order valence-corrected chi connectivity index (χ3v) is 4.42. The number of hydrogen-bond donors (Lipinski definition) is 1. The minimum atomic E-state index is -0.865. The van der Waals surface area contributed by atoms with Gasteiger partial charge in [0.2, 0.25) is 0 Å². The Labute approximate surface area is 121 Å². The van der Waals surface area contributed by atoms with Crippen molar-refractivity contribution in [3.63, 3.8) is 0 Å². The molecule has 0 spiro atoms. The number of carboxylic acid groups (broad SMARTS) is 1. The second-order valence-electron chi connectivity index (χ2n) is 6.63. The smallest absolute Gasteiger partial charge is 0.308 e. The predicted octanol–water partition coefficient (Wildman–Crippen LogP) is 3.49. The first-order valence-corrected chi connectivity index (χ1v) is 7.73. The van der Waals surface area contributed by atoms with Gasteiger partial charge in [0.05, 0.1) is 5.92 Å². The Morgan fingerprint density at radius 1 is 1.25 bits per heavy atom. The van der Waals surface area contributed by atoms with Gasteiger partial charge >= 0.3 is 11.9 Å². The van der Waals surface area contributed by atoms with Crippen molar-refractivity contribution in [2.75, 3.05) is 0 Å². The van der Waals surface area contributed by atoms with Crippen LogP contribution in [-0.2, 0) is 14.3 Å². The first-order chi connectivity index (χ1) is 9.31. The Morgan fingerprint density at radius 3 is 2.45 bits per heavy atom. The Balaban J connectivity index is 2.54. The lowest BCUT2D eigenvalue weighted by atomic mass is 9.75. The van der Waals surface area contributed by atoms with Crippen molar-refractivity contribution in [1.29, 1.82) is 0 Å². The predicted molar refractivity (Wildman–Crippen MR) is 77.3 cm³/mol. The van der Waals surface area contributed by atoms with Crippen molar-refractivity contribution in [2.24, 2.45) is 23.7 Å². The molecule has 0 aromatic heterocycles. The number of rotatable bonds is 6. The fraction of sp³-hybridized carbons (Fsp3) is 0.875. The van der Waals surface area contributed by atoms with Crippen molar-refractivity contribution < 1.29 is 19.4 Å². The van der Waals surface area contributed by atoms with Crippen molar-refractivity contribution in [2.45, 2.75) is 65.9 Å². The van der Waals surface area contributed by atoms with Crippen LogP contribution in [0.15, 0.2) is 0 Å². The molecule has 0 radical (unpaired) electrons. The van der Waals surface area contributed by atoms with Crippen LogP contribution in [0, 0.1) is 23.7 Å². The maximum absolute atomic E-state index is 12.1. The fourth-order valence-electron chi connectivity index (χ4n) is 2.97. The first-order valence-electron chi connectivity index (χ1n) is 7.73. The van der Waals surface area contributed by atoms with Crippen molar-refractivity contribution >= 4 is 11.9 Å². The highest BCUT2D eigenvalue weighted by Crippen LogP contribution is 2.35. The third kappa shape index (κ3) is 5.14. The molecule has 1 rings (SSSR count). The van der Waals surface area contributed by atoms with E-state index < -0.39 is 5.97 Å². The first kappa shape index (κ1) is 17.0. The fourth-order valence-corrected chi connectivity index (χ4v) is 2.97. The van der Waals surface area contributed by atoms with Crippen LogP contribution in [0.2, 0.25) is 0 Å². The zero-order valence-corrected chi connectivity index (χ0v) is 13.1. The topological polar surface area (TPSA) is 63.6 Å².